The number of nitrogens with one attached hydrogen (secondary N) is 1. The van der Waals surface area contributed by atoms with Crippen molar-refractivity contribution in [3.8, 4) is 0 Å². The minimum absolute atomic E-state index is 0.548. The Kier molecular flexibility index (Phi) is 6.19. The average molecular weight is 380 g/mol. The number of hydrogen-bond donors (Lipinski definition) is 1. The second-order valence-corrected chi connectivity index (χ2v) is 7.72. The number of hydrogen-bond acceptors (Lipinski definition) is 6. The van der Waals surface area contributed by atoms with Gasteiger partial charge in [-0.15, -0.1) is 0 Å². The third-order valence-corrected chi connectivity index (χ3v) is 5.27. The topological polar surface area (TPSA) is 53.5 Å². The summed E-state index contributed by atoms with van der Waals surface area (Å²) in [6.45, 7) is 5.30. The lowest BCUT2D eigenvalue weighted by Crippen LogP contribution is -2.37. The number of likely N-dealkylation sites (N-methyl/N-ethyl adjacent to an activating group) is 1. The molecule has 1 unspecified atom stereocenters. The lowest BCUT2D eigenvalue weighted by atomic mass is 9.99. The number of fused-ring (bicyclic) bond motifs is 7. The average Bonchev–Trinajstić information content (AvgIpc) is 2.71. The van der Waals surface area contributed by atoms with Gasteiger partial charge in [-0.25, -0.2) is 4.98 Å². The van der Waals surface area contributed by atoms with Crippen molar-refractivity contribution in [2.75, 3.05) is 50.1 Å². The lowest BCUT2D eigenvalue weighted by Gasteiger charge is -2.33. The molecule has 1 atom stereocenters. The monoisotopic (exact) mass is 379 g/mol. The van der Waals surface area contributed by atoms with Gasteiger partial charge in [0.25, 0.3) is 0 Å². The summed E-state index contributed by atoms with van der Waals surface area (Å²) < 4.78 is 5.91. The summed E-state index contributed by atoms with van der Waals surface area (Å²) in [7, 11) is 2.13. The summed E-state index contributed by atoms with van der Waals surface area (Å²) in [6.07, 6.45) is 8.55. The van der Waals surface area contributed by atoms with Gasteiger partial charge in [-0.2, -0.15) is 4.98 Å². The zero-order valence-corrected chi connectivity index (χ0v) is 16.6. The van der Waals surface area contributed by atoms with Crippen LogP contribution in [0.15, 0.2) is 48.7 Å². The molecule has 1 aromatic carbocycles. The van der Waals surface area contributed by atoms with Crippen LogP contribution >= 0.6 is 0 Å². The molecule has 1 aromatic heterocycles. The predicted octanol–water partition coefficient (Wildman–Crippen LogP) is 3.45. The van der Waals surface area contributed by atoms with Crippen molar-refractivity contribution in [3.63, 3.8) is 0 Å². The maximum atomic E-state index is 5.91. The van der Waals surface area contributed by atoms with Crippen LogP contribution < -0.4 is 10.2 Å². The summed E-state index contributed by atoms with van der Waals surface area (Å²) >= 11 is 0. The van der Waals surface area contributed by atoms with Gasteiger partial charge < -0.3 is 15.0 Å². The van der Waals surface area contributed by atoms with Gasteiger partial charge in [-0.1, -0.05) is 24.3 Å². The molecule has 28 heavy (non-hydrogen) atoms. The molecule has 4 rings (SSSR count). The minimum atomic E-state index is 0.548. The van der Waals surface area contributed by atoms with Crippen LogP contribution in [0.3, 0.4) is 0 Å². The molecule has 3 heterocycles. The lowest BCUT2D eigenvalue weighted by molar-refractivity contribution is 0.115. The molecule has 0 saturated carbocycles. The fraction of sp³-hybridized carbons (Fsp3) is 0.455. The van der Waals surface area contributed by atoms with Crippen LogP contribution in [0.4, 0.5) is 17.5 Å². The van der Waals surface area contributed by atoms with Gasteiger partial charge >= 0.3 is 0 Å². The summed E-state index contributed by atoms with van der Waals surface area (Å²) in [5.41, 5.74) is 2.28. The van der Waals surface area contributed by atoms with Crippen molar-refractivity contribution in [1.29, 1.82) is 0 Å². The van der Waals surface area contributed by atoms with Crippen molar-refractivity contribution in [2.45, 2.75) is 19.4 Å². The first kappa shape index (κ1) is 18.9. The number of rotatable bonds is 0. The molecular formula is C22H29N5O. The highest BCUT2D eigenvalue weighted by atomic mass is 16.5. The van der Waals surface area contributed by atoms with Gasteiger partial charge in [-0.3, -0.25) is 4.90 Å². The SMILES string of the molecule is CN1C/C=C/COCC2CCCN(C2)c2ccnc(n2)Nc2cccc(c2)C1. The van der Waals surface area contributed by atoms with E-state index in [1.54, 1.807) is 0 Å². The Labute approximate surface area is 167 Å². The Morgan fingerprint density at radius 3 is 3.14 bits per heavy atom. The Morgan fingerprint density at radius 2 is 2.18 bits per heavy atom. The van der Waals surface area contributed by atoms with Crippen LogP contribution in [0.1, 0.15) is 18.4 Å². The molecule has 1 fully saturated rings. The molecular weight excluding hydrogens is 350 g/mol. The van der Waals surface area contributed by atoms with Gasteiger partial charge in [0.2, 0.25) is 5.95 Å². The molecule has 0 aliphatic carbocycles. The molecule has 1 N–H and O–H groups in total. The van der Waals surface area contributed by atoms with E-state index >= 15 is 0 Å². The largest absolute Gasteiger partial charge is 0.377 e. The smallest absolute Gasteiger partial charge is 0.229 e. The number of benzene rings is 1. The van der Waals surface area contributed by atoms with E-state index in [0.29, 0.717) is 18.5 Å². The van der Waals surface area contributed by atoms with Crippen molar-refractivity contribution in [2.24, 2.45) is 5.92 Å². The third kappa shape index (κ3) is 5.09. The highest BCUT2D eigenvalue weighted by molar-refractivity contribution is 5.56. The zero-order chi connectivity index (χ0) is 19.2. The number of piperidine rings is 1. The minimum Gasteiger partial charge on any atom is -0.377 e. The van der Waals surface area contributed by atoms with Gasteiger partial charge in [-0.05, 0) is 49.6 Å². The zero-order valence-electron chi connectivity index (χ0n) is 16.6. The summed E-state index contributed by atoms with van der Waals surface area (Å²) in [6, 6.07) is 10.5. The maximum absolute atomic E-state index is 5.91. The normalized spacial score (nSPS) is 22.6. The fourth-order valence-corrected chi connectivity index (χ4v) is 3.87. The standard InChI is InChI=1S/C22H29N5O/c1-26-11-2-3-13-28-17-19-7-5-12-27(16-19)21-9-10-23-22(25-21)24-20-8-4-6-18(14-20)15-26/h2-4,6,8-10,14,19H,5,7,11-13,15-17H2,1H3,(H,23,24,25)/b3-2+. The first-order valence-corrected chi connectivity index (χ1v) is 10.1. The molecule has 2 aliphatic rings. The first-order valence-electron chi connectivity index (χ1n) is 10.1. The highest BCUT2D eigenvalue weighted by Gasteiger charge is 2.21. The molecule has 2 aromatic rings. The fourth-order valence-electron chi connectivity index (χ4n) is 3.87. The number of anilines is 3. The van der Waals surface area contributed by atoms with E-state index in [2.05, 4.69) is 63.6 Å². The summed E-state index contributed by atoms with van der Waals surface area (Å²) in [5.74, 6) is 2.18. The Bertz CT molecular complexity index is 809. The molecule has 6 heteroatoms. The van der Waals surface area contributed by atoms with Crippen molar-refractivity contribution >= 4 is 17.5 Å². The third-order valence-electron chi connectivity index (χ3n) is 5.27. The molecule has 1 saturated heterocycles. The van der Waals surface area contributed by atoms with Gasteiger partial charge in [0.05, 0.1) is 13.2 Å². The molecule has 2 aliphatic heterocycles. The number of aromatic nitrogens is 2. The van der Waals surface area contributed by atoms with Crippen LogP contribution in [0.5, 0.6) is 0 Å². The molecule has 6 bridgehead atoms. The van der Waals surface area contributed by atoms with Crippen molar-refractivity contribution < 1.29 is 4.74 Å². The van der Waals surface area contributed by atoms with Crippen molar-refractivity contribution in [3.05, 3.63) is 54.2 Å². The van der Waals surface area contributed by atoms with E-state index in [1.165, 1.54) is 18.4 Å². The molecule has 0 amide bonds. The highest BCUT2D eigenvalue weighted by Crippen LogP contribution is 2.23. The molecule has 0 radical (unpaired) electrons. The predicted molar refractivity (Wildman–Crippen MR) is 113 cm³/mol. The van der Waals surface area contributed by atoms with Crippen LogP contribution in [-0.4, -0.2) is 54.8 Å². The Hall–Kier alpha value is -2.44. The number of nitrogens with zero attached hydrogens (tertiary/aromatic N) is 4. The van der Waals surface area contributed by atoms with Gasteiger partial charge in [0.1, 0.15) is 5.82 Å². The van der Waals surface area contributed by atoms with E-state index in [9.17, 15) is 0 Å². The number of ether oxygens (including phenoxy) is 1. The second kappa shape index (κ2) is 9.17. The molecule has 0 spiro atoms. The van der Waals surface area contributed by atoms with E-state index in [-0.39, 0.29) is 0 Å². The van der Waals surface area contributed by atoms with E-state index in [4.69, 9.17) is 9.72 Å². The first-order chi connectivity index (χ1) is 13.8. The van der Waals surface area contributed by atoms with Crippen LogP contribution in [0.2, 0.25) is 0 Å². The van der Waals surface area contributed by atoms with Crippen LogP contribution in [0.25, 0.3) is 0 Å². The van der Waals surface area contributed by atoms with Crippen molar-refractivity contribution in [1.82, 2.24) is 14.9 Å². The van der Waals surface area contributed by atoms with Gasteiger partial charge in [0, 0.05) is 38.1 Å². The second-order valence-electron chi connectivity index (χ2n) is 7.72. The maximum Gasteiger partial charge on any atom is 0.229 e. The molecule has 6 nitrogen and oxygen atoms in total. The Morgan fingerprint density at radius 1 is 1.21 bits per heavy atom. The van der Waals surface area contributed by atoms with Crippen LogP contribution in [0, 0.1) is 5.92 Å². The molecule has 148 valence electrons. The summed E-state index contributed by atoms with van der Waals surface area (Å²) in [4.78, 5) is 13.8. The van der Waals surface area contributed by atoms with E-state index in [0.717, 1.165) is 44.3 Å². The summed E-state index contributed by atoms with van der Waals surface area (Å²) in [5, 5.41) is 3.37. The quantitative estimate of drug-likeness (QED) is 0.708. The van der Waals surface area contributed by atoms with Gasteiger partial charge in [0.15, 0.2) is 0 Å². The van der Waals surface area contributed by atoms with E-state index < -0.39 is 0 Å². The Balaban J connectivity index is 1.58. The van der Waals surface area contributed by atoms with Crippen LogP contribution in [-0.2, 0) is 11.3 Å². The van der Waals surface area contributed by atoms with E-state index in [1.807, 2.05) is 12.3 Å².